The number of hydrogen-bond acceptors (Lipinski definition) is 3. The van der Waals surface area contributed by atoms with Gasteiger partial charge in [0.15, 0.2) is 0 Å². The van der Waals surface area contributed by atoms with Crippen molar-refractivity contribution in [1.29, 1.82) is 0 Å². The second kappa shape index (κ2) is 4.95. The minimum atomic E-state index is -3.33. The van der Waals surface area contributed by atoms with Crippen molar-refractivity contribution >= 4 is 10.0 Å². The molecule has 0 aliphatic rings. The predicted molar refractivity (Wildman–Crippen MR) is 65.3 cm³/mol. The maximum absolute atomic E-state index is 11.8. The summed E-state index contributed by atoms with van der Waals surface area (Å²) in [7, 11) is -3.33. The van der Waals surface area contributed by atoms with Gasteiger partial charge in [-0.2, -0.15) is 0 Å². The summed E-state index contributed by atoms with van der Waals surface area (Å²) in [5.41, 5.74) is 5.64. The van der Waals surface area contributed by atoms with Crippen molar-refractivity contribution in [2.45, 2.75) is 25.1 Å². The minimum absolute atomic E-state index is 0.0166. The van der Waals surface area contributed by atoms with Crippen LogP contribution in [0.4, 0.5) is 0 Å². The number of rotatable bonds is 5. The van der Waals surface area contributed by atoms with Crippen molar-refractivity contribution in [2.24, 2.45) is 5.73 Å². The first kappa shape index (κ1) is 13.2. The van der Waals surface area contributed by atoms with Crippen molar-refractivity contribution in [3.8, 4) is 0 Å². The normalized spacial score (nSPS) is 12.7. The molecule has 0 heterocycles. The summed E-state index contributed by atoms with van der Waals surface area (Å²) in [5, 5.41) is 0. The third-order valence-electron chi connectivity index (χ3n) is 2.14. The van der Waals surface area contributed by atoms with E-state index in [1.165, 1.54) is 0 Å². The second-order valence-corrected chi connectivity index (χ2v) is 6.16. The van der Waals surface area contributed by atoms with Gasteiger partial charge in [0.2, 0.25) is 10.0 Å². The van der Waals surface area contributed by atoms with Crippen LogP contribution >= 0.6 is 0 Å². The fourth-order valence-corrected chi connectivity index (χ4v) is 2.92. The molecule has 0 aliphatic heterocycles. The molecule has 0 unspecified atom stereocenters. The quantitative estimate of drug-likeness (QED) is 0.803. The molecular weight excluding hydrogens is 224 g/mol. The highest BCUT2D eigenvalue weighted by molar-refractivity contribution is 7.88. The Bertz CT molecular complexity index is 427. The Balaban J connectivity index is 2.74. The van der Waals surface area contributed by atoms with Gasteiger partial charge in [0.05, 0.1) is 5.75 Å². The molecule has 0 amide bonds. The summed E-state index contributed by atoms with van der Waals surface area (Å²) in [6.07, 6.45) is 0. The van der Waals surface area contributed by atoms with Gasteiger partial charge in [-0.25, -0.2) is 13.1 Å². The molecule has 0 bridgehead atoms. The van der Waals surface area contributed by atoms with Gasteiger partial charge in [-0.1, -0.05) is 30.3 Å². The Morgan fingerprint density at radius 1 is 1.25 bits per heavy atom. The summed E-state index contributed by atoms with van der Waals surface area (Å²) >= 11 is 0. The van der Waals surface area contributed by atoms with Crippen molar-refractivity contribution < 1.29 is 8.42 Å². The van der Waals surface area contributed by atoms with Crippen LogP contribution in [-0.4, -0.2) is 20.5 Å². The van der Waals surface area contributed by atoms with Crippen LogP contribution in [0, 0.1) is 0 Å². The first-order valence-corrected chi connectivity index (χ1v) is 6.75. The molecule has 90 valence electrons. The first-order valence-electron chi connectivity index (χ1n) is 5.10. The largest absolute Gasteiger partial charge is 0.329 e. The van der Waals surface area contributed by atoms with Crippen LogP contribution in [0.2, 0.25) is 0 Å². The van der Waals surface area contributed by atoms with Crippen LogP contribution in [0.25, 0.3) is 0 Å². The molecule has 1 rings (SSSR count). The van der Waals surface area contributed by atoms with Gasteiger partial charge in [0.25, 0.3) is 0 Å². The molecule has 3 N–H and O–H groups in total. The Labute approximate surface area is 96.9 Å². The Hall–Kier alpha value is -0.910. The van der Waals surface area contributed by atoms with Crippen LogP contribution < -0.4 is 10.5 Å². The molecule has 1 aromatic rings. The lowest BCUT2D eigenvalue weighted by atomic mass is 10.1. The SMILES string of the molecule is CC(C)(CN)NS(=O)(=O)Cc1ccccc1. The first-order chi connectivity index (χ1) is 7.35. The summed E-state index contributed by atoms with van der Waals surface area (Å²) < 4.78 is 26.2. The minimum Gasteiger partial charge on any atom is -0.329 e. The Kier molecular flexibility index (Phi) is 4.07. The Morgan fingerprint density at radius 3 is 2.31 bits per heavy atom. The second-order valence-electron chi connectivity index (χ2n) is 4.43. The van der Waals surface area contributed by atoms with E-state index in [-0.39, 0.29) is 12.3 Å². The van der Waals surface area contributed by atoms with Gasteiger partial charge in [-0.05, 0) is 19.4 Å². The average Bonchev–Trinajstić information content (AvgIpc) is 2.17. The molecule has 0 saturated heterocycles. The van der Waals surface area contributed by atoms with E-state index in [0.29, 0.717) is 0 Å². The van der Waals surface area contributed by atoms with Crippen molar-refractivity contribution in [1.82, 2.24) is 4.72 Å². The fraction of sp³-hybridized carbons (Fsp3) is 0.455. The van der Waals surface area contributed by atoms with Crippen LogP contribution in [0.3, 0.4) is 0 Å². The molecule has 0 spiro atoms. The van der Waals surface area contributed by atoms with Gasteiger partial charge < -0.3 is 5.73 Å². The van der Waals surface area contributed by atoms with Crippen LogP contribution in [0.15, 0.2) is 30.3 Å². The van der Waals surface area contributed by atoms with Crippen LogP contribution in [0.1, 0.15) is 19.4 Å². The number of nitrogens with two attached hydrogens (primary N) is 1. The third-order valence-corrected chi connectivity index (χ3v) is 3.72. The van der Waals surface area contributed by atoms with Gasteiger partial charge in [-0.3, -0.25) is 0 Å². The molecule has 0 radical (unpaired) electrons. The highest BCUT2D eigenvalue weighted by atomic mass is 32.2. The molecule has 16 heavy (non-hydrogen) atoms. The number of hydrogen-bond donors (Lipinski definition) is 2. The molecule has 0 aromatic heterocycles. The smallest absolute Gasteiger partial charge is 0.216 e. The molecule has 1 aromatic carbocycles. The molecule has 5 heteroatoms. The summed E-state index contributed by atoms with van der Waals surface area (Å²) in [6.45, 7) is 3.78. The Morgan fingerprint density at radius 2 is 1.81 bits per heavy atom. The van der Waals surface area contributed by atoms with Crippen molar-refractivity contribution in [3.05, 3.63) is 35.9 Å². The predicted octanol–water partition coefficient (Wildman–Crippen LogP) is 0.843. The standard InChI is InChI=1S/C11H18N2O2S/c1-11(2,9-12)13-16(14,15)8-10-6-4-3-5-7-10/h3-7,13H,8-9,12H2,1-2H3. The summed E-state index contributed by atoms with van der Waals surface area (Å²) in [5.74, 6) is -0.0166. The van der Waals surface area contributed by atoms with Gasteiger partial charge in [0, 0.05) is 12.1 Å². The summed E-state index contributed by atoms with van der Waals surface area (Å²) in [4.78, 5) is 0. The fourth-order valence-electron chi connectivity index (χ4n) is 1.29. The molecule has 0 saturated carbocycles. The van der Waals surface area contributed by atoms with Crippen LogP contribution in [-0.2, 0) is 15.8 Å². The zero-order valence-electron chi connectivity index (χ0n) is 9.60. The van der Waals surface area contributed by atoms with E-state index in [9.17, 15) is 8.42 Å². The zero-order valence-corrected chi connectivity index (χ0v) is 10.4. The zero-order chi connectivity index (χ0) is 12.2. The maximum atomic E-state index is 11.8. The van der Waals surface area contributed by atoms with Gasteiger partial charge >= 0.3 is 0 Å². The average molecular weight is 242 g/mol. The molecule has 0 aliphatic carbocycles. The van der Waals surface area contributed by atoms with E-state index >= 15 is 0 Å². The number of benzene rings is 1. The van der Waals surface area contributed by atoms with Gasteiger partial charge in [0.1, 0.15) is 0 Å². The highest BCUT2D eigenvalue weighted by Crippen LogP contribution is 2.08. The van der Waals surface area contributed by atoms with E-state index in [1.807, 2.05) is 18.2 Å². The lowest BCUT2D eigenvalue weighted by molar-refractivity contribution is 0.462. The summed E-state index contributed by atoms with van der Waals surface area (Å²) in [6, 6.07) is 9.06. The number of nitrogens with one attached hydrogen (secondary N) is 1. The number of sulfonamides is 1. The van der Waals surface area contributed by atoms with Crippen LogP contribution in [0.5, 0.6) is 0 Å². The maximum Gasteiger partial charge on any atom is 0.216 e. The topological polar surface area (TPSA) is 72.2 Å². The van der Waals surface area contributed by atoms with E-state index in [4.69, 9.17) is 5.73 Å². The third kappa shape index (κ3) is 4.30. The van der Waals surface area contributed by atoms with Gasteiger partial charge in [-0.15, -0.1) is 0 Å². The van der Waals surface area contributed by atoms with E-state index in [2.05, 4.69) is 4.72 Å². The lowest BCUT2D eigenvalue weighted by Gasteiger charge is -2.23. The lowest BCUT2D eigenvalue weighted by Crippen LogP contribution is -2.49. The van der Waals surface area contributed by atoms with Crippen molar-refractivity contribution in [2.75, 3.05) is 6.54 Å². The highest BCUT2D eigenvalue weighted by Gasteiger charge is 2.23. The molecule has 4 nitrogen and oxygen atoms in total. The molecular formula is C11H18N2O2S. The van der Waals surface area contributed by atoms with E-state index in [1.54, 1.807) is 26.0 Å². The van der Waals surface area contributed by atoms with E-state index in [0.717, 1.165) is 5.56 Å². The molecule has 0 fully saturated rings. The molecule has 0 atom stereocenters. The monoisotopic (exact) mass is 242 g/mol. The van der Waals surface area contributed by atoms with Crippen molar-refractivity contribution in [3.63, 3.8) is 0 Å². The van der Waals surface area contributed by atoms with E-state index < -0.39 is 15.6 Å².